The Labute approximate surface area is 114 Å². The molecule has 0 aromatic carbocycles. The maximum absolute atomic E-state index is 12.0. The predicted octanol–water partition coefficient (Wildman–Crippen LogP) is 0.541. The Morgan fingerprint density at radius 2 is 2.21 bits per heavy atom. The topological polar surface area (TPSA) is 94.3 Å². The molecule has 1 aliphatic heterocycles. The van der Waals surface area contributed by atoms with Crippen molar-refractivity contribution in [3.05, 3.63) is 16.1 Å². The van der Waals surface area contributed by atoms with Gasteiger partial charge in [-0.2, -0.15) is 0 Å². The Morgan fingerprint density at radius 1 is 1.47 bits per heavy atom. The van der Waals surface area contributed by atoms with Crippen LogP contribution < -0.4 is 11.1 Å². The Kier molecular flexibility index (Phi) is 3.02. The Balaban J connectivity index is 1.61. The zero-order valence-electron chi connectivity index (χ0n) is 10.3. The average Bonchev–Trinajstić information content (AvgIpc) is 2.86. The highest BCUT2D eigenvalue weighted by Crippen LogP contribution is 2.53. The molecule has 2 fully saturated rings. The van der Waals surface area contributed by atoms with E-state index < -0.39 is 5.91 Å². The molecule has 6 nitrogen and oxygen atoms in total. The molecular formula is C12H15N3O3S. The molecule has 3 rings (SSSR count). The van der Waals surface area contributed by atoms with Gasteiger partial charge in [0, 0.05) is 24.6 Å². The van der Waals surface area contributed by atoms with Crippen LogP contribution in [0.25, 0.3) is 0 Å². The van der Waals surface area contributed by atoms with Crippen molar-refractivity contribution in [3.8, 4) is 0 Å². The summed E-state index contributed by atoms with van der Waals surface area (Å²) >= 11 is 1.14. The smallest absolute Gasteiger partial charge is 0.280 e. The minimum absolute atomic E-state index is 0.145. The van der Waals surface area contributed by atoms with Crippen LogP contribution in [0.5, 0.6) is 0 Å². The molecule has 1 spiro atoms. The Hall–Kier alpha value is -1.47. The van der Waals surface area contributed by atoms with Gasteiger partial charge in [-0.3, -0.25) is 9.59 Å². The molecule has 2 aliphatic rings. The lowest BCUT2D eigenvalue weighted by atomic mass is 9.96. The van der Waals surface area contributed by atoms with E-state index in [0.29, 0.717) is 5.01 Å². The summed E-state index contributed by atoms with van der Waals surface area (Å²) in [5.74, 6) is -0.825. The summed E-state index contributed by atoms with van der Waals surface area (Å²) in [6.07, 6.45) is 3.01. The van der Waals surface area contributed by atoms with Crippen LogP contribution in [0.2, 0.25) is 0 Å². The minimum atomic E-state index is -0.609. The fourth-order valence-corrected chi connectivity index (χ4v) is 3.30. The molecular weight excluding hydrogens is 266 g/mol. The third-order valence-electron chi connectivity index (χ3n) is 3.93. The quantitative estimate of drug-likeness (QED) is 0.845. The molecule has 1 saturated heterocycles. The number of amides is 2. The molecule has 1 atom stereocenters. The molecule has 1 unspecified atom stereocenters. The number of nitrogens with zero attached hydrogens (tertiary/aromatic N) is 1. The highest BCUT2D eigenvalue weighted by molar-refractivity contribution is 7.11. The number of nitrogens with one attached hydrogen (secondary N) is 1. The standard InChI is InChI=1S/C12H15N3O3S/c13-9(16)7-6-19-11(14-7)10(17)15-8-5-12(8)1-3-18-4-2-12/h6,8H,1-5H2,(H2,13,16)(H,15,17). The van der Waals surface area contributed by atoms with Gasteiger partial charge in [-0.1, -0.05) is 0 Å². The maximum Gasteiger partial charge on any atom is 0.280 e. The normalized spacial score (nSPS) is 24.1. The molecule has 1 saturated carbocycles. The van der Waals surface area contributed by atoms with Crippen molar-refractivity contribution in [2.45, 2.75) is 25.3 Å². The summed E-state index contributed by atoms with van der Waals surface area (Å²) in [4.78, 5) is 26.9. The number of thiazole rings is 1. The lowest BCUT2D eigenvalue weighted by Crippen LogP contribution is -2.32. The van der Waals surface area contributed by atoms with Gasteiger partial charge in [0.25, 0.3) is 11.8 Å². The number of hydrogen-bond donors (Lipinski definition) is 2. The SMILES string of the molecule is NC(=O)c1csc(C(=O)NC2CC23CCOCC3)n1. The molecule has 0 bridgehead atoms. The fourth-order valence-electron chi connectivity index (χ4n) is 2.59. The van der Waals surface area contributed by atoms with Crippen LogP contribution in [-0.2, 0) is 4.74 Å². The summed E-state index contributed by atoms with van der Waals surface area (Å²) in [6.45, 7) is 1.55. The van der Waals surface area contributed by atoms with Crippen LogP contribution in [0.3, 0.4) is 0 Å². The van der Waals surface area contributed by atoms with Gasteiger partial charge in [0.1, 0.15) is 5.69 Å². The van der Waals surface area contributed by atoms with E-state index in [1.807, 2.05) is 0 Å². The summed E-state index contributed by atoms with van der Waals surface area (Å²) in [6, 6.07) is 0.213. The lowest BCUT2D eigenvalue weighted by Gasteiger charge is -2.22. The van der Waals surface area contributed by atoms with Gasteiger partial charge in [-0.05, 0) is 24.7 Å². The predicted molar refractivity (Wildman–Crippen MR) is 69.0 cm³/mol. The van der Waals surface area contributed by atoms with E-state index in [1.54, 1.807) is 0 Å². The largest absolute Gasteiger partial charge is 0.381 e. The van der Waals surface area contributed by atoms with Crippen molar-refractivity contribution in [2.24, 2.45) is 11.1 Å². The zero-order chi connectivity index (χ0) is 13.5. The molecule has 0 radical (unpaired) electrons. The number of aromatic nitrogens is 1. The van der Waals surface area contributed by atoms with E-state index in [1.165, 1.54) is 5.38 Å². The second kappa shape index (κ2) is 4.57. The number of primary amides is 1. The van der Waals surface area contributed by atoms with Crippen molar-refractivity contribution in [1.29, 1.82) is 0 Å². The van der Waals surface area contributed by atoms with Crippen LogP contribution in [0.1, 0.15) is 39.6 Å². The summed E-state index contributed by atoms with van der Waals surface area (Å²) in [7, 11) is 0. The van der Waals surface area contributed by atoms with Crippen molar-refractivity contribution in [1.82, 2.24) is 10.3 Å². The van der Waals surface area contributed by atoms with Crippen LogP contribution in [0.15, 0.2) is 5.38 Å². The maximum atomic E-state index is 12.0. The fraction of sp³-hybridized carbons (Fsp3) is 0.583. The van der Waals surface area contributed by atoms with Crippen molar-refractivity contribution < 1.29 is 14.3 Å². The van der Waals surface area contributed by atoms with Gasteiger partial charge >= 0.3 is 0 Å². The number of rotatable bonds is 3. The summed E-state index contributed by atoms with van der Waals surface area (Å²) in [5, 5.41) is 4.79. The average molecular weight is 281 g/mol. The molecule has 102 valence electrons. The summed E-state index contributed by atoms with van der Waals surface area (Å²) < 4.78 is 5.34. The van der Waals surface area contributed by atoms with Gasteiger partial charge in [-0.25, -0.2) is 4.98 Å². The first kappa shape index (κ1) is 12.6. The molecule has 7 heteroatoms. The van der Waals surface area contributed by atoms with E-state index in [2.05, 4.69) is 10.3 Å². The van der Waals surface area contributed by atoms with Gasteiger partial charge < -0.3 is 15.8 Å². The Bertz CT molecular complexity index is 522. The molecule has 19 heavy (non-hydrogen) atoms. The monoisotopic (exact) mass is 281 g/mol. The van der Waals surface area contributed by atoms with Crippen molar-refractivity contribution in [3.63, 3.8) is 0 Å². The number of nitrogens with two attached hydrogens (primary N) is 1. The number of carbonyl (C=O) groups excluding carboxylic acids is 2. The zero-order valence-corrected chi connectivity index (χ0v) is 11.2. The van der Waals surface area contributed by atoms with E-state index >= 15 is 0 Å². The first-order valence-electron chi connectivity index (χ1n) is 6.25. The first-order valence-corrected chi connectivity index (χ1v) is 7.13. The molecule has 1 aliphatic carbocycles. The van der Waals surface area contributed by atoms with E-state index in [0.717, 1.165) is 43.8 Å². The molecule has 2 heterocycles. The van der Waals surface area contributed by atoms with Crippen molar-refractivity contribution >= 4 is 23.2 Å². The molecule has 2 amide bonds. The van der Waals surface area contributed by atoms with E-state index in [-0.39, 0.29) is 23.1 Å². The number of ether oxygens (including phenoxy) is 1. The van der Waals surface area contributed by atoms with Gasteiger partial charge in [0.05, 0.1) is 0 Å². The van der Waals surface area contributed by atoms with Crippen LogP contribution in [0.4, 0.5) is 0 Å². The van der Waals surface area contributed by atoms with Crippen molar-refractivity contribution in [2.75, 3.05) is 13.2 Å². The van der Waals surface area contributed by atoms with E-state index in [4.69, 9.17) is 10.5 Å². The third kappa shape index (κ3) is 2.35. The third-order valence-corrected chi connectivity index (χ3v) is 4.78. The molecule has 3 N–H and O–H groups in total. The molecule has 1 aromatic rings. The van der Waals surface area contributed by atoms with Crippen LogP contribution in [0, 0.1) is 5.41 Å². The van der Waals surface area contributed by atoms with Gasteiger partial charge in [-0.15, -0.1) is 11.3 Å². The van der Waals surface area contributed by atoms with Crippen LogP contribution in [-0.4, -0.2) is 36.1 Å². The highest BCUT2D eigenvalue weighted by atomic mass is 32.1. The lowest BCUT2D eigenvalue weighted by molar-refractivity contribution is 0.0535. The highest BCUT2D eigenvalue weighted by Gasteiger charge is 2.55. The number of hydrogen-bond acceptors (Lipinski definition) is 5. The van der Waals surface area contributed by atoms with Gasteiger partial charge in [0.15, 0.2) is 5.01 Å². The second-order valence-corrected chi connectivity index (χ2v) is 5.97. The summed E-state index contributed by atoms with van der Waals surface area (Å²) in [5.41, 5.74) is 5.49. The van der Waals surface area contributed by atoms with Crippen LogP contribution >= 0.6 is 11.3 Å². The second-order valence-electron chi connectivity index (χ2n) is 5.11. The molecule has 1 aromatic heterocycles. The first-order chi connectivity index (χ1) is 9.11. The minimum Gasteiger partial charge on any atom is -0.381 e. The van der Waals surface area contributed by atoms with Gasteiger partial charge in [0.2, 0.25) is 0 Å². The van der Waals surface area contributed by atoms with E-state index in [9.17, 15) is 9.59 Å². The Morgan fingerprint density at radius 3 is 2.84 bits per heavy atom. The number of carbonyl (C=O) groups is 2.